The molecular weight excluding hydrogens is 160 g/mol. The lowest BCUT2D eigenvalue weighted by molar-refractivity contribution is -0.139. The smallest absolute Gasteiger partial charge is 0.434 e. The summed E-state index contributed by atoms with van der Waals surface area (Å²) >= 11 is 0. The molecule has 0 atom stereocenters. The van der Waals surface area contributed by atoms with Gasteiger partial charge in [-0.1, -0.05) is 20.8 Å². The second-order valence-corrected chi connectivity index (χ2v) is 2.78. The van der Waals surface area contributed by atoms with Gasteiger partial charge in [0.25, 0.3) is 0 Å². The molecule has 70 valence electrons. The highest BCUT2D eigenvalue weighted by atomic mass is 16.7. The van der Waals surface area contributed by atoms with Crippen molar-refractivity contribution in [3.8, 4) is 0 Å². The lowest BCUT2D eigenvalue weighted by Crippen LogP contribution is -2.15. The third-order valence-corrected chi connectivity index (χ3v) is 1.02. The summed E-state index contributed by atoms with van der Waals surface area (Å²) in [7, 11) is 0. The highest BCUT2D eigenvalue weighted by Crippen LogP contribution is 1.95. The van der Waals surface area contributed by atoms with Crippen molar-refractivity contribution in [3.63, 3.8) is 0 Å². The van der Waals surface area contributed by atoms with E-state index in [9.17, 15) is 9.59 Å². The Morgan fingerprint density at radius 3 is 2.33 bits per heavy atom. The predicted molar refractivity (Wildman–Crippen MR) is 42.6 cm³/mol. The van der Waals surface area contributed by atoms with Gasteiger partial charge in [0, 0.05) is 6.42 Å². The molecule has 0 aromatic heterocycles. The lowest BCUT2D eigenvalue weighted by atomic mass is 10.2. The zero-order chi connectivity index (χ0) is 9.56. The van der Waals surface area contributed by atoms with Crippen molar-refractivity contribution < 1.29 is 19.1 Å². The van der Waals surface area contributed by atoms with Crippen molar-refractivity contribution in [1.29, 1.82) is 0 Å². The van der Waals surface area contributed by atoms with Crippen molar-refractivity contribution in [3.05, 3.63) is 0 Å². The Morgan fingerprint density at radius 1 is 1.33 bits per heavy atom. The molecule has 4 heteroatoms. The maximum atomic E-state index is 10.7. The van der Waals surface area contributed by atoms with Gasteiger partial charge in [0.05, 0.1) is 6.61 Å². The Labute approximate surface area is 71.8 Å². The molecular formula is C8H14O4. The van der Waals surface area contributed by atoms with Crippen LogP contribution >= 0.6 is 0 Å². The van der Waals surface area contributed by atoms with Gasteiger partial charge in [-0.2, -0.15) is 0 Å². The highest BCUT2D eigenvalue weighted by Gasteiger charge is 2.09. The van der Waals surface area contributed by atoms with Crippen LogP contribution in [0.1, 0.15) is 27.2 Å². The molecule has 0 heterocycles. The van der Waals surface area contributed by atoms with Gasteiger partial charge < -0.3 is 9.47 Å². The van der Waals surface area contributed by atoms with E-state index in [-0.39, 0.29) is 18.9 Å². The zero-order valence-electron chi connectivity index (χ0n) is 7.62. The van der Waals surface area contributed by atoms with Crippen molar-refractivity contribution >= 4 is 12.1 Å². The Balaban J connectivity index is 3.53. The average Bonchev–Trinajstić information content (AvgIpc) is 2.00. The fourth-order valence-electron chi connectivity index (χ4n) is 0.429. The molecule has 0 fully saturated rings. The maximum Gasteiger partial charge on any atom is 0.516 e. The average molecular weight is 174 g/mol. The molecule has 0 spiro atoms. The summed E-state index contributed by atoms with van der Waals surface area (Å²) in [4.78, 5) is 21.2. The van der Waals surface area contributed by atoms with E-state index in [2.05, 4.69) is 9.47 Å². The number of carbonyl (C=O) groups is 2. The fraction of sp³-hybridized carbons (Fsp3) is 0.750. The second kappa shape index (κ2) is 5.57. The van der Waals surface area contributed by atoms with Gasteiger partial charge in [0.15, 0.2) is 0 Å². The quantitative estimate of drug-likeness (QED) is 0.483. The molecule has 0 amide bonds. The van der Waals surface area contributed by atoms with E-state index in [4.69, 9.17) is 0 Å². The van der Waals surface area contributed by atoms with Crippen LogP contribution in [0.3, 0.4) is 0 Å². The van der Waals surface area contributed by atoms with E-state index in [1.54, 1.807) is 6.92 Å². The zero-order valence-corrected chi connectivity index (χ0v) is 7.62. The summed E-state index contributed by atoms with van der Waals surface area (Å²) in [6, 6.07) is 0. The van der Waals surface area contributed by atoms with Crippen LogP contribution in [0.4, 0.5) is 4.79 Å². The van der Waals surface area contributed by atoms with E-state index in [1.807, 2.05) is 13.8 Å². The number of rotatable bonds is 3. The summed E-state index contributed by atoms with van der Waals surface area (Å²) in [6.45, 7) is 5.68. The molecule has 0 bridgehead atoms. The van der Waals surface area contributed by atoms with Gasteiger partial charge in [-0.3, -0.25) is 4.79 Å². The third-order valence-electron chi connectivity index (χ3n) is 1.02. The van der Waals surface area contributed by atoms with E-state index < -0.39 is 12.1 Å². The van der Waals surface area contributed by atoms with Crippen LogP contribution in [0.5, 0.6) is 0 Å². The summed E-state index contributed by atoms with van der Waals surface area (Å²) in [5.41, 5.74) is 0. The molecule has 0 aliphatic heterocycles. The Morgan fingerprint density at radius 2 is 1.92 bits per heavy atom. The molecule has 0 aliphatic carbocycles. The molecule has 4 nitrogen and oxygen atoms in total. The molecule has 0 N–H and O–H groups in total. The number of esters is 1. The van der Waals surface area contributed by atoms with Crippen molar-refractivity contribution in [1.82, 2.24) is 0 Å². The Kier molecular flexibility index (Phi) is 5.08. The Bertz CT molecular complexity index is 162. The monoisotopic (exact) mass is 174 g/mol. The van der Waals surface area contributed by atoms with E-state index in [1.165, 1.54) is 0 Å². The molecule has 0 radical (unpaired) electrons. The van der Waals surface area contributed by atoms with Gasteiger partial charge >= 0.3 is 12.1 Å². The van der Waals surface area contributed by atoms with Crippen molar-refractivity contribution in [2.24, 2.45) is 5.92 Å². The van der Waals surface area contributed by atoms with Gasteiger partial charge in [-0.15, -0.1) is 0 Å². The topological polar surface area (TPSA) is 52.6 Å². The minimum Gasteiger partial charge on any atom is -0.434 e. The fourth-order valence-corrected chi connectivity index (χ4v) is 0.429. The molecule has 0 aliphatic rings. The number of hydrogen-bond acceptors (Lipinski definition) is 4. The molecule has 0 unspecified atom stereocenters. The summed E-state index contributed by atoms with van der Waals surface area (Å²) in [5, 5.41) is 0. The first kappa shape index (κ1) is 10.9. The third kappa shape index (κ3) is 5.70. The predicted octanol–water partition coefficient (Wildman–Crippen LogP) is 1.73. The first-order valence-corrected chi connectivity index (χ1v) is 3.93. The highest BCUT2D eigenvalue weighted by molar-refractivity contribution is 5.81. The molecule has 0 aromatic carbocycles. The standard InChI is InChI=1S/C8H14O4/c1-4-7(9)12-8(10)11-5-6(2)3/h6H,4-5H2,1-3H3. The summed E-state index contributed by atoms with van der Waals surface area (Å²) in [6.07, 6.45) is -0.730. The van der Waals surface area contributed by atoms with Crippen molar-refractivity contribution in [2.75, 3.05) is 6.61 Å². The summed E-state index contributed by atoms with van der Waals surface area (Å²) in [5.74, 6) is -0.321. The van der Waals surface area contributed by atoms with Crippen LogP contribution in [0.25, 0.3) is 0 Å². The van der Waals surface area contributed by atoms with Gasteiger partial charge in [0.2, 0.25) is 0 Å². The van der Waals surface area contributed by atoms with Crippen LogP contribution in [-0.4, -0.2) is 18.7 Å². The van der Waals surface area contributed by atoms with Crippen LogP contribution < -0.4 is 0 Å². The summed E-state index contributed by atoms with van der Waals surface area (Å²) < 4.78 is 8.84. The largest absolute Gasteiger partial charge is 0.516 e. The van der Waals surface area contributed by atoms with Gasteiger partial charge in [0.1, 0.15) is 0 Å². The maximum absolute atomic E-state index is 10.7. The molecule has 12 heavy (non-hydrogen) atoms. The normalized spacial score (nSPS) is 9.67. The number of ether oxygens (including phenoxy) is 2. The first-order valence-electron chi connectivity index (χ1n) is 3.93. The minimum absolute atomic E-state index is 0.177. The molecule has 0 aromatic rings. The van der Waals surface area contributed by atoms with Crippen molar-refractivity contribution in [2.45, 2.75) is 27.2 Å². The molecule has 0 saturated heterocycles. The lowest BCUT2D eigenvalue weighted by Gasteiger charge is -2.05. The Hall–Kier alpha value is -1.06. The van der Waals surface area contributed by atoms with Crippen LogP contribution in [0, 0.1) is 5.92 Å². The van der Waals surface area contributed by atoms with Crippen LogP contribution in [0.15, 0.2) is 0 Å². The van der Waals surface area contributed by atoms with Crippen LogP contribution in [0.2, 0.25) is 0 Å². The van der Waals surface area contributed by atoms with E-state index >= 15 is 0 Å². The first-order chi connectivity index (χ1) is 5.56. The van der Waals surface area contributed by atoms with E-state index in [0.29, 0.717) is 0 Å². The minimum atomic E-state index is -0.907. The van der Waals surface area contributed by atoms with E-state index in [0.717, 1.165) is 0 Å². The molecule has 0 saturated carbocycles. The molecule has 0 rings (SSSR count). The SMILES string of the molecule is CCC(=O)OC(=O)OCC(C)C. The van der Waals surface area contributed by atoms with Gasteiger partial charge in [-0.05, 0) is 5.92 Å². The number of carbonyl (C=O) groups excluding carboxylic acids is 2. The second-order valence-electron chi connectivity index (χ2n) is 2.78. The van der Waals surface area contributed by atoms with Crippen LogP contribution in [-0.2, 0) is 14.3 Å². The number of hydrogen-bond donors (Lipinski definition) is 0. The van der Waals surface area contributed by atoms with Gasteiger partial charge in [-0.25, -0.2) is 4.79 Å².